The van der Waals surface area contributed by atoms with Crippen LogP contribution in [0, 0.1) is 6.57 Å². The number of rotatable bonds is 8. The summed E-state index contributed by atoms with van der Waals surface area (Å²) in [6, 6.07) is 11.4. The molecule has 2 aliphatic rings. The van der Waals surface area contributed by atoms with Crippen LogP contribution in [0.5, 0.6) is 0 Å². The third-order valence-corrected chi connectivity index (χ3v) is 8.89. The van der Waals surface area contributed by atoms with Gasteiger partial charge in [0.15, 0.2) is 5.82 Å². The number of carbonyl (C=O) groups excluding carboxylic acids is 3. The number of tetrazole rings is 1. The Labute approximate surface area is 264 Å². The third kappa shape index (κ3) is 6.04. The first kappa shape index (κ1) is 31.8. The Bertz CT molecular complexity index is 1580. The first-order valence-corrected chi connectivity index (χ1v) is 15.3. The van der Waals surface area contributed by atoms with Crippen LogP contribution < -0.4 is 5.32 Å². The predicted molar refractivity (Wildman–Crippen MR) is 168 cm³/mol. The Morgan fingerprint density at radius 2 is 1.60 bits per heavy atom. The van der Waals surface area contributed by atoms with Gasteiger partial charge in [0.05, 0.1) is 19.0 Å². The van der Waals surface area contributed by atoms with Gasteiger partial charge in [-0.05, 0) is 84.3 Å². The minimum atomic E-state index is -0.906. The summed E-state index contributed by atoms with van der Waals surface area (Å²) in [7, 11) is 8.66. The van der Waals surface area contributed by atoms with Crippen LogP contribution in [0.15, 0.2) is 36.4 Å². The zero-order valence-electron chi connectivity index (χ0n) is 26.9. The standard InChI is InChI=1S/C33H41N9O3/c1-21(35-20-29(43)42-16-8-9-28(42)34-2)19-33(32-36-38-41(7)37-32)26-14-12-24(30(44)39(3)4)17-22(26)10-11-23-18-25(13-15-27(23)33)31(45)40(5)6/h12-15,17-18,21,28,35H,8-11,16,19-20H2,1,3-7H3/t21-,28-/m0/s1. The molecule has 236 valence electrons. The monoisotopic (exact) mass is 611 g/mol. The van der Waals surface area contributed by atoms with Crippen molar-refractivity contribution in [1.29, 1.82) is 0 Å². The average molecular weight is 612 g/mol. The molecule has 1 aliphatic heterocycles. The zero-order chi connectivity index (χ0) is 32.5. The molecule has 2 heterocycles. The van der Waals surface area contributed by atoms with Crippen LogP contribution in [0.1, 0.15) is 75.0 Å². The topological polar surface area (TPSA) is 121 Å². The minimum Gasteiger partial charge on any atom is -0.345 e. The molecule has 1 fully saturated rings. The summed E-state index contributed by atoms with van der Waals surface area (Å²) in [5.74, 6) is 0.234. The van der Waals surface area contributed by atoms with Gasteiger partial charge in [-0.1, -0.05) is 12.1 Å². The second kappa shape index (κ2) is 12.8. The van der Waals surface area contributed by atoms with Gasteiger partial charge >= 0.3 is 6.17 Å². The van der Waals surface area contributed by atoms with Crippen LogP contribution in [-0.2, 0) is 30.1 Å². The molecule has 0 bridgehead atoms. The van der Waals surface area contributed by atoms with Crippen LogP contribution in [0.2, 0.25) is 0 Å². The Morgan fingerprint density at radius 1 is 1.02 bits per heavy atom. The van der Waals surface area contributed by atoms with Gasteiger partial charge in [0.1, 0.15) is 0 Å². The molecular formula is C33H41N9O3. The largest absolute Gasteiger partial charge is 0.345 e. The molecule has 2 atom stereocenters. The number of nitrogens with one attached hydrogen (secondary N) is 1. The number of aromatic nitrogens is 4. The Kier molecular flexibility index (Phi) is 9.02. The van der Waals surface area contributed by atoms with Crippen molar-refractivity contribution in [2.75, 3.05) is 41.3 Å². The van der Waals surface area contributed by atoms with E-state index >= 15 is 0 Å². The quantitative estimate of drug-likeness (QED) is 0.388. The number of amides is 3. The molecule has 3 aromatic rings. The highest BCUT2D eigenvalue weighted by atomic mass is 16.2. The van der Waals surface area contributed by atoms with Gasteiger partial charge in [0, 0.05) is 58.3 Å². The lowest BCUT2D eigenvalue weighted by molar-refractivity contribution is -0.130. The number of benzene rings is 2. The van der Waals surface area contributed by atoms with Gasteiger partial charge in [-0.3, -0.25) is 24.1 Å². The van der Waals surface area contributed by atoms with Crippen molar-refractivity contribution in [1.82, 2.24) is 40.2 Å². The molecule has 0 saturated carbocycles. The summed E-state index contributed by atoms with van der Waals surface area (Å²) in [5, 5.41) is 17.0. The highest BCUT2D eigenvalue weighted by molar-refractivity contribution is 5.95. The second-order valence-electron chi connectivity index (χ2n) is 12.5. The first-order valence-electron chi connectivity index (χ1n) is 15.3. The molecule has 12 heteroatoms. The maximum Gasteiger partial charge on any atom is 0.300 e. The van der Waals surface area contributed by atoms with Crippen LogP contribution in [0.4, 0.5) is 0 Å². The Morgan fingerprint density at radius 3 is 2.09 bits per heavy atom. The SMILES string of the molecule is [C-]#[N+][C@@H]1CCCN1C(=O)CN[C@@H](C)CC1(c2nnn(C)n2)c2ccc(C(=O)N(C)C)cc2CCc2cc(C(=O)N(C)C)ccc21. The maximum absolute atomic E-state index is 13.1. The lowest BCUT2D eigenvalue weighted by atomic mass is 9.67. The van der Waals surface area contributed by atoms with Crippen molar-refractivity contribution in [2.24, 2.45) is 7.05 Å². The van der Waals surface area contributed by atoms with Crippen molar-refractivity contribution in [2.45, 2.75) is 56.7 Å². The molecule has 1 N–H and O–H groups in total. The van der Waals surface area contributed by atoms with E-state index in [4.69, 9.17) is 11.7 Å². The molecule has 1 aromatic heterocycles. The summed E-state index contributed by atoms with van der Waals surface area (Å²) in [4.78, 5) is 49.0. The summed E-state index contributed by atoms with van der Waals surface area (Å²) in [6.45, 7) is 10.2. The first-order chi connectivity index (χ1) is 21.5. The van der Waals surface area contributed by atoms with Crippen LogP contribution in [-0.4, -0.2) is 106 Å². The van der Waals surface area contributed by atoms with E-state index in [1.165, 1.54) is 4.80 Å². The van der Waals surface area contributed by atoms with Crippen molar-refractivity contribution in [3.63, 3.8) is 0 Å². The molecule has 0 radical (unpaired) electrons. The summed E-state index contributed by atoms with van der Waals surface area (Å²) >= 11 is 0. The van der Waals surface area contributed by atoms with Crippen molar-refractivity contribution < 1.29 is 14.4 Å². The summed E-state index contributed by atoms with van der Waals surface area (Å²) in [6.07, 6.45) is 2.90. The highest BCUT2D eigenvalue weighted by Gasteiger charge is 2.46. The predicted octanol–water partition coefficient (Wildman–Crippen LogP) is 2.28. The van der Waals surface area contributed by atoms with Crippen molar-refractivity contribution in [3.05, 3.63) is 87.0 Å². The van der Waals surface area contributed by atoms with E-state index in [2.05, 4.69) is 20.5 Å². The molecule has 45 heavy (non-hydrogen) atoms. The fraction of sp³-hybridized carbons (Fsp3) is 0.485. The van der Waals surface area contributed by atoms with Gasteiger partial charge in [0.25, 0.3) is 11.8 Å². The summed E-state index contributed by atoms with van der Waals surface area (Å²) in [5.41, 5.74) is 4.18. The average Bonchev–Trinajstić information content (AvgIpc) is 3.67. The molecule has 3 amide bonds. The molecule has 12 nitrogen and oxygen atoms in total. The molecule has 1 aliphatic carbocycles. The van der Waals surface area contributed by atoms with Gasteiger partial charge in [-0.25, -0.2) is 6.57 Å². The van der Waals surface area contributed by atoms with E-state index in [0.29, 0.717) is 49.2 Å². The molecule has 2 aromatic carbocycles. The smallest absolute Gasteiger partial charge is 0.300 e. The van der Waals surface area contributed by atoms with Gasteiger partial charge < -0.3 is 15.1 Å². The van der Waals surface area contributed by atoms with E-state index < -0.39 is 11.6 Å². The number of nitrogens with zero attached hydrogens (tertiary/aromatic N) is 8. The van der Waals surface area contributed by atoms with Crippen LogP contribution >= 0.6 is 0 Å². The Hall–Kier alpha value is -4.63. The minimum absolute atomic E-state index is 0.0881. The third-order valence-electron chi connectivity index (χ3n) is 8.89. The number of aryl methyl sites for hydroxylation is 3. The second-order valence-corrected chi connectivity index (χ2v) is 12.5. The Balaban J connectivity index is 1.63. The molecular weight excluding hydrogens is 570 g/mol. The van der Waals surface area contributed by atoms with E-state index in [1.807, 2.05) is 43.3 Å². The number of hydrogen-bond acceptors (Lipinski definition) is 7. The van der Waals surface area contributed by atoms with E-state index in [0.717, 1.165) is 28.7 Å². The number of fused-ring (bicyclic) bond motifs is 2. The highest BCUT2D eigenvalue weighted by Crippen LogP contribution is 2.47. The van der Waals surface area contributed by atoms with Gasteiger partial charge in [-0.2, -0.15) is 4.80 Å². The summed E-state index contributed by atoms with van der Waals surface area (Å²) < 4.78 is 0. The van der Waals surface area contributed by atoms with Gasteiger partial charge in [0.2, 0.25) is 5.91 Å². The molecule has 0 spiro atoms. The maximum atomic E-state index is 13.1. The molecule has 1 saturated heterocycles. The molecule has 0 unspecified atom stereocenters. The van der Waals surface area contributed by atoms with Crippen LogP contribution in [0.25, 0.3) is 4.85 Å². The van der Waals surface area contributed by atoms with Gasteiger partial charge in [-0.15, -0.1) is 10.2 Å². The molecule has 5 rings (SSSR count). The number of likely N-dealkylation sites (tertiary alicyclic amines) is 1. The van der Waals surface area contributed by atoms with E-state index in [9.17, 15) is 14.4 Å². The van der Waals surface area contributed by atoms with Crippen molar-refractivity contribution in [3.8, 4) is 0 Å². The van der Waals surface area contributed by atoms with E-state index in [-0.39, 0.29) is 30.3 Å². The number of hydrogen-bond donors (Lipinski definition) is 1. The fourth-order valence-corrected chi connectivity index (χ4v) is 6.71. The lowest BCUT2D eigenvalue weighted by Crippen LogP contribution is -2.45. The normalized spacial score (nSPS) is 17.4. The number of carbonyl (C=O) groups is 3. The fourth-order valence-electron chi connectivity index (χ4n) is 6.71. The van der Waals surface area contributed by atoms with Crippen LogP contribution in [0.3, 0.4) is 0 Å². The van der Waals surface area contributed by atoms with Crippen molar-refractivity contribution >= 4 is 17.7 Å². The van der Waals surface area contributed by atoms with E-state index in [1.54, 1.807) is 49.9 Å². The lowest BCUT2D eigenvalue weighted by Gasteiger charge is -2.36. The zero-order valence-corrected chi connectivity index (χ0v) is 26.9.